The Morgan fingerprint density at radius 3 is 2.61 bits per heavy atom. The molecule has 0 atom stereocenters. The zero-order valence-electron chi connectivity index (χ0n) is 9.08. The van der Waals surface area contributed by atoms with E-state index in [2.05, 4.69) is 25.6 Å². The van der Waals surface area contributed by atoms with Crippen LogP contribution in [-0.4, -0.2) is 23.5 Å². The van der Waals surface area contributed by atoms with E-state index in [1.807, 2.05) is 0 Å². The maximum Gasteiger partial charge on any atom is 0.573 e. The summed E-state index contributed by atoms with van der Waals surface area (Å²) in [7, 11) is 2.72. The molecule has 0 fully saturated rings. The smallest absolute Gasteiger partial charge is 0.481 e. The summed E-state index contributed by atoms with van der Waals surface area (Å²) in [5, 5.41) is 0. The van der Waals surface area contributed by atoms with E-state index >= 15 is 0 Å². The summed E-state index contributed by atoms with van der Waals surface area (Å²) in [5.41, 5.74) is 0.178. The van der Waals surface area contributed by atoms with Crippen molar-refractivity contribution in [2.75, 3.05) is 6.61 Å². The van der Waals surface area contributed by atoms with Gasteiger partial charge in [-0.3, -0.25) is 0 Å². The molecule has 1 aromatic carbocycles. The Balaban J connectivity index is 2.93. The van der Waals surface area contributed by atoms with Crippen LogP contribution in [0.3, 0.4) is 0 Å². The predicted octanol–water partition coefficient (Wildman–Crippen LogP) is 2.20. The Hall–Kier alpha value is -1.65. The van der Waals surface area contributed by atoms with Crippen LogP contribution in [0.1, 0.15) is 5.56 Å². The van der Waals surface area contributed by atoms with Gasteiger partial charge in [0.25, 0.3) is 0 Å². The number of benzene rings is 1. The number of alkyl halides is 3. The van der Waals surface area contributed by atoms with Gasteiger partial charge in [0.15, 0.2) is 0 Å². The number of terminal acetylenes is 1. The first-order valence-corrected chi connectivity index (χ1v) is 5.10. The normalized spacial score (nSPS) is 10.8. The average molecular weight is 273 g/mol. The largest absolute Gasteiger partial charge is 0.573 e. The summed E-state index contributed by atoms with van der Waals surface area (Å²) < 4.78 is 49.9. The Kier molecular flexibility index (Phi) is 5.06. The van der Waals surface area contributed by atoms with Gasteiger partial charge in [0, 0.05) is 5.56 Å². The van der Waals surface area contributed by atoms with Gasteiger partial charge in [-0.2, -0.15) is 0 Å². The highest BCUT2D eigenvalue weighted by atomic mass is 28.2. The first kappa shape index (κ1) is 14.4. The lowest BCUT2D eigenvalue weighted by atomic mass is 10.2. The second kappa shape index (κ2) is 6.33. The Bertz CT molecular complexity index is 440. The molecule has 0 aliphatic heterocycles. The quantitative estimate of drug-likeness (QED) is 0.608. The molecule has 0 amide bonds. The standard InChI is InChI=1S/C11H8F3O3Si/c1-2-5-15-9-3-4-10(17-11(12,13)14)8(6-9)7-16-18/h1,3-4,6H,5,7H2. The van der Waals surface area contributed by atoms with E-state index in [-0.39, 0.29) is 24.5 Å². The van der Waals surface area contributed by atoms with Gasteiger partial charge in [-0.05, 0) is 18.2 Å². The summed E-state index contributed by atoms with van der Waals surface area (Å²) in [5.74, 6) is 2.23. The first-order valence-electron chi connectivity index (χ1n) is 4.69. The van der Waals surface area contributed by atoms with E-state index in [0.29, 0.717) is 5.75 Å². The highest BCUT2D eigenvalue weighted by Crippen LogP contribution is 2.29. The van der Waals surface area contributed by atoms with Crippen molar-refractivity contribution in [3.8, 4) is 23.8 Å². The number of halogens is 3. The average Bonchev–Trinajstić information content (AvgIpc) is 2.28. The van der Waals surface area contributed by atoms with Crippen LogP contribution >= 0.6 is 0 Å². The van der Waals surface area contributed by atoms with E-state index < -0.39 is 6.36 Å². The molecule has 0 saturated heterocycles. The SMILES string of the molecule is C#CCOc1ccc(OC(F)(F)F)c(CO[Si])c1. The minimum absolute atomic E-state index is 0.0215. The number of rotatable bonds is 5. The third-order valence-corrected chi connectivity index (χ3v) is 1.95. The van der Waals surface area contributed by atoms with E-state index in [4.69, 9.17) is 11.2 Å². The van der Waals surface area contributed by atoms with Gasteiger partial charge in [0.05, 0.1) is 6.61 Å². The highest BCUT2D eigenvalue weighted by Gasteiger charge is 2.32. The van der Waals surface area contributed by atoms with E-state index in [1.54, 1.807) is 0 Å². The van der Waals surface area contributed by atoms with Gasteiger partial charge in [0.1, 0.15) is 18.1 Å². The molecule has 0 saturated carbocycles. The molecule has 18 heavy (non-hydrogen) atoms. The third kappa shape index (κ3) is 4.69. The second-order valence-corrected chi connectivity index (χ2v) is 3.39. The fourth-order valence-electron chi connectivity index (χ4n) is 1.19. The molecule has 0 heterocycles. The lowest BCUT2D eigenvalue weighted by Crippen LogP contribution is -2.18. The topological polar surface area (TPSA) is 27.7 Å². The summed E-state index contributed by atoms with van der Waals surface area (Å²) in [4.78, 5) is 0. The molecule has 0 spiro atoms. The van der Waals surface area contributed by atoms with Gasteiger partial charge in [0.2, 0.25) is 10.5 Å². The second-order valence-electron chi connectivity index (χ2n) is 3.10. The summed E-state index contributed by atoms with van der Waals surface area (Å²) >= 11 is 0. The summed E-state index contributed by atoms with van der Waals surface area (Å²) in [6, 6.07) is 3.83. The van der Waals surface area contributed by atoms with E-state index in [1.165, 1.54) is 12.1 Å². The van der Waals surface area contributed by atoms with Crippen LogP contribution in [0.4, 0.5) is 13.2 Å². The molecule has 0 unspecified atom stereocenters. The molecule has 0 N–H and O–H groups in total. The van der Waals surface area contributed by atoms with Gasteiger partial charge in [-0.25, -0.2) is 0 Å². The van der Waals surface area contributed by atoms with Crippen LogP contribution in [0, 0.1) is 12.3 Å². The number of hydrogen-bond acceptors (Lipinski definition) is 3. The molecule has 0 aliphatic rings. The van der Waals surface area contributed by atoms with E-state index in [9.17, 15) is 13.2 Å². The van der Waals surface area contributed by atoms with Crippen LogP contribution in [0.15, 0.2) is 18.2 Å². The molecule has 3 radical (unpaired) electrons. The molecule has 1 aromatic rings. The fourth-order valence-corrected chi connectivity index (χ4v) is 1.34. The molecule has 95 valence electrons. The van der Waals surface area contributed by atoms with Crippen molar-refractivity contribution >= 4 is 10.5 Å². The molecule has 0 aliphatic carbocycles. The van der Waals surface area contributed by atoms with Gasteiger partial charge in [-0.1, -0.05) is 5.92 Å². The summed E-state index contributed by atoms with van der Waals surface area (Å²) in [6.45, 7) is -0.0940. The van der Waals surface area contributed by atoms with Crippen LogP contribution in [0.2, 0.25) is 0 Å². The number of hydrogen-bond donors (Lipinski definition) is 0. The van der Waals surface area contributed by atoms with Gasteiger partial charge >= 0.3 is 6.36 Å². The highest BCUT2D eigenvalue weighted by molar-refractivity contribution is 5.97. The number of ether oxygens (including phenoxy) is 2. The minimum atomic E-state index is -4.76. The van der Waals surface area contributed by atoms with Crippen LogP contribution in [0.5, 0.6) is 11.5 Å². The van der Waals surface area contributed by atoms with Crippen LogP contribution in [-0.2, 0) is 11.0 Å². The molecule has 0 bridgehead atoms. The first-order chi connectivity index (χ1) is 8.46. The molecular weight excluding hydrogens is 265 g/mol. The van der Waals surface area contributed by atoms with Crippen molar-refractivity contribution in [3.63, 3.8) is 0 Å². The molecule has 7 heteroatoms. The van der Waals surface area contributed by atoms with Crippen molar-refractivity contribution in [3.05, 3.63) is 23.8 Å². The van der Waals surface area contributed by atoms with Crippen LogP contribution < -0.4 is 9.47 Å². The Morgan fingerprint density at radius 2 is 2.06 bits per heavy atom. The Morgan fingerprint density at radius 1 is 1.33 bits per heavy atom. The third-order valence-electron chi connectivity index (χ3n) is 1.81. The lowest BCUT2D eigenvalue weighted by Gasteiger charge is -2.14. The van der Waals surface area contributed by atoms with Gasteiger partial charge in [-0.15, -0.1) is 19.6 Å². The van der Waals surface area contributed by atoms with Crippen molar-refractivity contribution in [1.29, 1.82) is 0 Å². The predicted molar refractivity (Wildman–Crippen MR) is 58.0 cm³/mol. The zero-order valence-corrected chi connectivity index (χ0v) is 10.1. The molecule has 0 aromatic heterocycles. The molecule has 1 rings (SSSR count). The maximum atomic E-state index is 12.1. The zero-order chi connectivity index (χ0) is 13.6. The fraction of sp³-hybridized carbons (Fsp3) is 0.273. The summed E-state index contributed by atoms with van der Waals surface area (Å²) in [6.07, 6.45) is 0.243. The Labute approximate surface area is 105 Å². The van der Waals surface area contributed by atoms with Crippen molar-refractivity contribution < 1.29 is 27.1 Å². The van der Waals surface area contributed by atoms with Crippen LogP contribution in [0.25, 0.3) is 0 Å². The van der Waals surface area contributed by atoms with Crippen molar-refractivity contribution in [2.45, 2.75) is 13.0 Å². The van der Waals surface area contributed by atoms with Crippen molar-refractivity contribution in [2.24, 2.45) is 0 Å². The molecule has 3 nitrogen and oxygen atoms in total. The maximum absolute atomic E-state index is 12.1. The monoisotopic (exact) mass is 273 g/mol. The van der Waals surface area contributed by atoms with Gasteiger partial charge < -0.3 is 13.9 Å². The molecular formula is C11H8F3O3Si. The minimum Gasteiger partial charge on any atom is -0.481 e. The lowest BCUT2D eigenvalue weighted by molar-refractivity contribution is -0.275. The van der Waals surface area contributed by atoms with Crippen molar-refractivity contribution in [1.82, 2.24) is 0 Å². The van der Waals surface area contributed by atoms with E-state index in [0.717, 1.165) is 6.07 Å².